The summed E-state index contributed by atoms with van der Waals surface area (Å²) in [6.45, 7) is 1.86. The number of para-hydroxylation sites is 1. The summed E-state index contributed by atoms with van der Waals surface area (Å²) < 4.78 is 5.38. The van der Waals surface area contributed by atoms with Crippen LogP contribution in [0.15, 0.2) is 72.8 Å². The Morgan fingerprint density at radius 2 is 1.65 bits per heavy atom. The molecule has 3 aromatic carbocycles. The fourth-order valence-corrected chi connectivity index (χ4v) is 3.88. The molecule has 0 atom stereocenters. The number of amides is 1. The van der Waals surface area contributed by atoms with Crippen LogP contribution in [0.1, 0.15) is 23.6 Å². The number of anilines is 1. The third-order valence-corrected chi connectivity index (χ3v) is 5.92. The first-order valence-corrected chi connectivity index (χ1v) is 10.5. The Hall–Kier alpha value is -3.08. The standard InChI is InChI=1S/C25H19Cl2NO3/c1-16(18-11-12-20(26)21(27)13-18)24-19-9-5-6-10-22(19)28(25(24)30)14-23(29)31-15-17-7-3-2-4-8-17/h2-13H,14-15H2,1H3/b24-16+. The maximum atomic E-state index is 13.3. The smallest absolute Gasteiger partial charge is 0.326 e. The summed E-state index contributed by atoms with van der Waals surface area (Å²) in [5, 5.41) is 0.864. The van der Waals surface area contributed by atoms with Crippen molar-refractivity contribution in [1.29, 1.82) is 0 Å². The Kier molecular flexibility index (Phi) is 6.12. The molecule has 0 aromatic heterocycles. The molecule has 0 fully saturated rings. The van der Waals surface area contributed by atoms with Crippen LogP contribution in [0.3, 0.4) is 0 Å². The number of halogens is 2. The van der Waals surface area contributed by atoms with E-state index in [9.17, 15) is 9.59 Å². The molecule has 1 heterocycles. The lowest BCUT2D eigenvalue weighted by Crippen LogP contribution is -2.33. The molecule has 4 rings (SSSR count). The van der Waals surface area contributed by atoms with Crippen LogP contribution < -0.4 is 4.90 Å². The summed E-state index contributed by atoms with van der Waals surface area (Å²) >= 11 is 12.2. The van der Waals surface area contributed by atoms with Crippen LogP contribution in [0.4, 0.5) is 5.69 Å². The van der Waals surface area contributed by atoms with Crippen molar-refractivity contribution in [2.45, 2.75) is 13.5 Å². The van der Waals surface area contributed by atoms with Crippen LogP contribution >= 0.6 is 23.2 Å². The second-order valence-corrected chi connectivity index (χ2v) is 8.00. The quantitative estimate of drug-likeness (QED) is 0.352. The maximum absolute atomic E-state index is 13.3. The van der Waals surface area contributed by atoms with Crippen molar-refractivity contribution in [2.75, 3.05) is 11.4 Å². The second-order valence-electron chi connectivity index (χ2n) is 7.18. The molecule has 1 aliphatic rings. The molecule has 6 heteroatoms. The number of carbonyl (C=O) groups excluding carboxylic acids is 2. The van der Waals surface area contributed by atoms with Gasteiger partial charge in [-0.25, -0.2) is 0 Å². The molecule has 3 aromatic rings. The monoisotopic (exact) mass is 451 g/mol. The summed E-state index contributed by atoms with van der Waals surface area (Å²) in [5.74, 6) is -0.720. The van der Waals surface area contributed by atoms with E-state index < -0.39 is 5.97 Å². The van der Waals surface area contributed by atoms with Crippen molar-refractivity contribution in [2.24, 2.45) is 0 Å². The minimum atomic E-state index is -0.472. The van der Waals surface area contributed by atoms with E-state index in [1.165, 1.54) is 4.90 Å². The van der Waals surface area contributed by atoms with E-state index in [0.29, 0.717) is 21.3 Å². The van der Waals surface area contributed by atoms with Gasteiger partial charge in [-0.05, 0) is 41.8 Å². The lowest BCUT2D eigenvalue weighted by atomic mass is 9.97. The van der Waals surface area contributed by atoms with Gasteiger partial charge in [0, 0.05) is 5.56 Å². The summed E-state index contributed by atoms with van der Waals surface area (Å²) in [6, 6.07) is 22.1. The van der Waals surface area contributed by atoms with Gasteiger partial charge in [0.1, 0.15) is 13.2 Å². The van der Waals surface area contributed by atoms with Gasteiger partial charge in [-0.15, -0.1) is 0 Å². The number of fused-ring (bicyclic) bond motifs is 1. The number of esters is 1. The summed E-state index contributed by atoms with van der Waals surface area (Å²) in [4.78, 5) is 27.3. The number of benzene rings is 3. The highest BCUT2D eigenvalue weighted by molar-refractivity contribution is 6.42. The average molecular weight is 452 g/mol. The number of ether oxygens (including phenoxy) is 1. The van der Waals surface area contributed by atoms with Gasteiger partial charge >= 0.3 is 5.97 Å². The molecule has 156 valence electrons. The number of allylic oxidation sites excluding steroid dienone is 1. The molecule has 0 radical (unpaired) electrons. The van der Waals surface area contributed by atoms with Crippen molar-refractivity contribution in [1.82, 2.24) is 0 Å². The average Bonchev–Trinajstić information content (AvgIpc) is 3.06. The molecule has 0 N–H and O–H groups in total. The van der Waals surface area contributed by atoms with E-state index in [0.717, 1.165) is 22.3 Å². The van der Waals surface area contributed by atoms with Crippen molar-refractivity contribution < 1.29 is 14.3 Å². The first-order valence-electron chi connectivity index (χ1n) is 9.73. The van der Waals surface area contributed by atoms with E-state index in [-0.39, 0.29) is 19.1 Å². The first-order chi connectivity index (χ1) is 15.0. The van der Waals surface area contributed by atoms with Gasteiger partial charge in [0.05, 0.1) is 21.3 Å². The number of carbonyl (C=O) groups is 2. The zero-order valence-electron chi connectivity index (χ0n) is 16.8. The van der Waals surface area contributed by atoms with E-state index in [1.807, 2.05) is 67.6 Å². The Morgan fingerprint density at radius 3 is 2.39 bits per heavy atom. The zero-order valence-corrected chi connectivity index (χ0v) is 18.3. The highest BCUT2D eigenvalue weighted by Crippen LogP contribution is 2.41. The molecule has 0 saturated heterocycles. The molecule has 1 aliphatic heterocycles. The Labute approximate surface area is 190 Å². The van der Waals surface area contributed by atoms with Gasteiger partial charge in [-0.2, -0.15) is 0 Å². The largest absolute Gasteiger partial charge is 0.459 e. The third-order valence-electron chi connectivity index (χ3n) is 5.18. The van der Waals surface area contributed by atoms with Crippen LogP contribution in [0, 0.1) is 0 Å². The summed E-state index contributed by atoms with van der Waals surface area (Å²) in [5.41, 5.74) is 4.42. The molecular formula is C25H19Cl2NO3. The van der Waals surface area contributed by atoms with Gasteiger partial charge in [-0.1, -0.05) is 77.8 Å². The number of hydrogen-bond donors (Lipinski definition) is 0. The fraction of sp³-hybridized carbons (Fsp3) is 0.120. The molecule has 1 amide bonds. The molecule has 0 aliphatic carbocycles. The molecule has 31 heavy (non-hydrogen) atoms. The van der Waals surface area contributed by atoms with Crippen LogP contribution in [0.5, 0.6) is 0 Å². The normalized spacial score (nSPS) is 14.4. The van der Waals surface area contributed by atoms with Crippen LogP contribution in [0.2, 0.25) is 10.0 Å². The lowest BCUT2D eigenvalue weighted by Gasteiger charge is -2.16. The second kappa shape index (κ2) is 8.96. The van der Waals surface area contributed by atoms with Gasteiger partial charge < -0.3 is 4.74 Å². The van der Waals surface area contributed by atoms with Crippen LogP contribution in [0.25, 0.3) is 11.1 Å². The molecule has 0 unspecified atom stereocenters. The molecule has 0 bridgehead atoms. The van der Waals surface area contributed by atoms with Crippen molar-refractivity contribution in [3.8, 4) is 0 Å². The van der Waals surface area contributed by atoms with Crippen molar-refractivity contribution in [3.05, 3.63) is 99.5 Å². The predicted octanol–water partition coefficient (Wildman–Crippen LogP) is 6.01. The Bertz CT molecular complexity index is 1190. The van der Waals surface area contributed by atoms with Crippen molar-refractivity contribution >= 4 is 51.9 Å². The predicted molar refractivity (Wildman–Crippen MR) is 124 cm³/mol. The highest BCUT2D eigenvalue weighted by Gasteiger charge is 2.35. The number of nitrogens with zero attached hydrogens (tertiary/aromatic N) is 1. The van der Waals surface area contributed by atoms with E-state index in [4.69, 9.17) is 27.9 Å². The summed E-state index contributed by atoms with van der Waals surface area (Å²) in [6.07, 6.45) is 0. The fourth-order valence-electron chi connectivity index (χ4n) is 3.59. The van der Waals surface area contributed by atoms with E-state index in [2.05, 4.69) is 0 Å². The van der Waals surface area contributed by atoms with Gasteiger partial charge in [0.25, 0.3) is 5.91 Å². The molecule has 0 spiro atoms. The third kappa shape index (κ3) is 4.36. The van der Waals surface area contributed by atoms with E-state index in [1.54, 1.807) is 12.1 Å². The topological polar surface area (TPSA) is 46.6 Å². The van der Waals surface area contributed by atoms with Crippen LogP contribution in [-0.2, 0) is 20.9 Å². The Balaban J connectivity index is 1.61. The highest BCUT2D eigenvalue weighted by atomic mass is 35.5. The first kappa shape index (κ1) is 21.2. The SMILES string of the molecule is C/C(=C1\C(=O)N(CC(=O)OCc2ccccc2)c2ccccc21)c1ccc(Cl)c(Cl)c1. The van der Waals surface area contributed by atoms with Crippen LogP contribution in [-0.4, -0.2) is 18.4 Å². The molecular weight excluding hydrogens is 433 g/mol. The minimum absolute atomic E-state index is 0.161. The lowest BCUT2D eigenvalue weighted by molar-refractivity contribution is -0.143. The molecule has 0 saturated carbocycles. The summed E-state index contributed by atoms with van der Waals surface area (Å²) in [7, 11) is 0. The molecule has 4 nitrogen and oxygen atoms in total. The van der Waals surface area contributed by atoms with E-state index >= 15 is 0 Å². The maximum Gasteiger partial charge on any atom is 0.326 e. The van der Waals surface area contributed by atoms with Gasteiger partial charge in [0.15, 0.2) is 0 Å². The minimum Gasteiger partial charge on any atom is -0.459 e. The zero-order chi connectivity index (χ0) is 22.0. The van der Waals surface area contributed by atoms with Gasteiger partial charge in [-0.3, -0.25) is 14.5 Å². The Morgan fingerprint density at radius 1 is 0.935 bits per heavy atom. The van der Waals surface area contributed by atoms with Gasteiger partial charge in [0.2, 0.25) is 0 Å². The number of rotatable bonds is 5. The van der Waals surface area contributed by atoms with Crippen molar-refractivity contribution in [3.63, 3.8) is 0 Å². The number of hydrogen-bond acceptors (Lipinski definition) is 3.